The van der Waals surface area contributed by atoms with Gasteiger partial charge in [0.05, 0.1) is 29.4 Å². The van der Waals surface area contributed by atoms with Crippen LogP contribution in [-0.2, 0) is 17.1 Å². The van der Waals surface area contributed by atoms with Gasteiger partial charge in [0.25, 0.3) is 0 Å². The Morgan fingerprint density at radius 1 is 0.931 bits per heavy atom. The lowest BCUT2D eigenvalue weighted by Crippen LogP contribution is -2.39. The van der Waals surface area contributed by atoms with Gasteiger partial charge >= 0.3 is 12.4 Å². The minimum atomic E-state index is -4.88. The van der Waals surface area contributed by atoms with Gasteiger partial charge in [-0.05, 0) is 55.6 Å². The van der Waals surface area contributed by atoms with Crippen molar-refractivity contribution in [2.75, 3.05) is 6.54 Å². The normalized spacial score (nSPS) is 21.8. The molecule has 0 amide bonds. The zero-order valence-electron chi connectivity index (χ0n) is 15.6. The summed E-state index contributed by atoms with van der Waals surface area (Å²) in [6, 6.07) is 10.8. The van der Waals surface area contributed by atoms with Gasteiger partial charge < -0.3 is 10.1 Å². The van der Waals surface area contributed by atoms with Crippen molar-refractivity contribution in [1.82, 2.24) is 5.32 Å². The van der Waals surface area contributed by atoms with E-state index in [0.29, 0.717) is 6.42 Å². The van der Waals surface area contributed by atoms with Gasteiger partial charge in [-0.3, -0.25) is 0 Å². The van der Waals surface area contributed by atoms with Crippen LogP contribution in [0.3, 0.4) is 0 Å². The molecule has 1 aliphatic heterocycles. The first kappa shape index (κ1) is 21.6. The van der Waals surface area contributed by atoms with Gasteiger partial charge in [0.2, 0.25) is 0 Å². The summed E-state index contributed by atoms with van der Waals surface area (Å²) in [7, 11) is 0. The van der Waals surface area contributed by atoms with Crippen molar-refractivity contribution in [2.24, 2.45) is 0 Å². The molecule has 0 radical (unpaired) electrons. The van der Waals surface area contributed by atoms with Gasteiger partial charge in [-0.2, -0.15) is 26.3 Å². The molecule has 3 rings (SSSR count). The Hall–Kier alpha value is -2.06. The summed E-state index contributed by atoms with van der Waals surface area (Å²) in [4.78, 5) is 0. The van der Waals surface area contributed by atoms with Crippen molar-refractivity contribution in [3.05, 3.63) is 70.8 Å². The van der Waals surface area contributed by atoms with Crippen molar-refractivity contribution in [2.45, 2.75) is 50.4 Å². The van der Waals surface area contributed by atoms with E-state index in [-0.39, 0.29) is 23.8 Å². The number of hydrogen-bond donors (Lipinski definition) is 1. The first-order valence-corrected chi connectivity index (χ1v) is 9.29. The average molecular weight is 417 g/mol. The molecule has 1 heterocycles. The number of nitrogens with one attached hydrogen (secondary N) is 1. The fourth-order valence-corrected chi connectivity index (χ4v) is 3.55. The van der Waals surface area contributed by atoms with Crippen molar-refractivity contribution in [3.63, 3.8) is 0 Å². The van der Waals surface area contributed by atoms with Crippen LogP contribution in [0.1, 0.15) is 54.2 Å². The van der Waals surface area contributed by atoms with Gasteiger partial charge in [0.15, 0.2) is 0 Å². The maximum atomic E-state index is 13.1. The molecule has 1 aliphatic rings. The Balaban J connectivity index is 1.88. The molecule has 1 saturated heterocycles. The smallest absolute Gasteiger partial charge is 0.369 e. The number of hydrogen-bond acceptors (Lipinski definition) is 2. The lowest BCUT2D eigenvalue weighted by molar-refractivity contribution is -0.143. The molecule has 2 unspecified atom stereocenters. The van der Waals surface area contributed by atoms with E-state index in [1.54, 1.807) is 0 Å². The minimum absolute atomic E-state index is 0.130. The first-order chi connectivity index (χ1) is 13.6. The topological polar surface area (TPSA) is 21.3 Å². The number of ether oxygens (including phenoxy) is 1. The number of alkyl halides is 6. The Bertz CT molecular complexity index is 786. The second-order valence-corrected chi connectivity index (χ2v) is 7.14. The monoisotopic (exact) mass is 417 g/mol. The lowest BCUT2D eigenvalue weighted by atomic mass is 9.94. The van der Waals surface area contributed by atoms with E-state index in [9.17, 15) is 26.3 Å². The van der Waals surface area contributed by atoms with E-state index in [1.165, 1.54) is 6.92 Å². The summed E-state index contributed by atoms with van der Waals surface area (Å²) >= 11 is 0. The molecule has 1 N–H and O–H groups in total. The standard InChI is InChI=1S/C21H21F6NO/c1-13(15-10-16(20(22,23)24)12-17(11-15)21(25,26)27)29-18-8-5-9-28-19(18)14-6-3-2-4-7-14/h2-4,6-7,10-13,18-19,28H,5,8-9H2,1H3/t13?,18-,19?/m0/s1. The zero-order chi connectivity index (χ0) is 21.2. The molecular formula is C21H21F6NO. The molecule has 0 aromatic heterocycles. The van der Waals surface area contributed by atoms with Crippen molar-refractivity contribution >= 4 is 0 Å². The third-order valence-corrected chi connectivity index (χ3v) is 5.02. The molecule has 0 saturated carbocycles. The van der Waals surface area contributed by atoms with E-state index in [0.717, 1.165) is 30.7 Å². The first-order valence-electron chi connectivity index (χ1n) is 9.29. The molecule has 29 heavy (non-hydrogen) atoms. The fraction of sp³-hybridized carbons (Fsp3) is 0.429. The third kappa shape index (κ3) is 5.30. The van der Waals surface area contributed by atoms with Crippen LogP contribution in [0.25, 0.3) is 0 Å². The Kier molecular flexibility index (Phi) is 6.24. The van der Waals surface area contributed by atoms with Crippen LogP contribution >= 0.6 is 0 Å². The zero-order valence-corrected chi connectivity index (χ0v) is 15.6. The molecule has 3 atom stereocenters. The average Bonchev–Trinajstić information content (AvgIpc) is 2.67. The Morgan fingerprint density at radius 3 is 2.07 bits per heavy atom. The molecule has 0 aliphatic carbocycles. The molecular weight excluding hydrogens is 396 g/mol. The molecule has 1 fully saturated rings. The molecule has 2 aromatic carbocycles. The van der Waals surface area contributed by atoms with Gasteiger partial charge in [-0.1, -0.05) is 30.3 Å². The van der Waals surface area contributed by atoms with E-state index in [2.05, 4.69) is 5.32 Å². The maximum Gasteiger partial charge on any atom is 0.416 e. The SMILES string of the molecule is CC(O[C@H]1CCCNC1c1ccccc1)c1cc(C(F)(F)F)cc(C(F)(F)F)c1. The summed E-state index contributed by atoms with van der Waals surface area (Å²) in [5.41, 5.74) is -1.85. The van der Waals surface area contributed by atoms with Gasteiger partial charge in [0, 0.05) is 0 Å². The number of halogens is 6. The summed E-state index contributed by atoms with van der Waals surface area (Å²) in [6.07, 6.45) is -9.61. The molecule has 2 nitrogen and oxygen atoms in total. The summed E-state index contributed by atoms with van der Waals surface area (Å²) in [5.74, 6) is 0. The molecule has 2 aromatic rings. The van der Waals surface area contributed by atoms with Crippen LogP contribution in [0.4, 0.5) is 26.3 Å². The molecule has 8 heteroatoms. The van der Waals surface area contributed by atoms with E-state index >= 15 is 0 Å². The van der Waals surface area contributed by atoms with Crippen molar-refractivity contribution < 1.29 is 31.1 Å². The summed E-state index contributed by atoms with van der Waals surface area (Å²) in [5, 5.41) is 3.33. The number of piperidine rings is 1. The molecule has 158 valence electrons. The number of rotatable bonds is 4. The molecule has 0 spiro atoms. The highest BCUT2D eigenvalue weighted by Crippen LogP contribution is 2.39. The Morgan fingerprint density at radius 2 is 1.52 bits per heavy atom. The highest BCUT2D eigenvalue weighted by atomic mass is 19.4. The molecule has 0 bridgehead atoms. The highest BCUT2D eigenvalue weighted by molar-refractivity contribution is 5.34. The van der Waals surface area contributed by atoms with Crippen LogP contribution in [0.2, 0.25) is 0 Å². The van der Waals surface area contributed by atoms with Crippen LogP contribution in [0.5, 0.6) is 0 Å². The summed E-state index contributed by atoms with van der Waals surface area (Å²) < 4.78 is 84.7. The second-order valence-electron chi connectivity index (χ2n) is 7.14. The van der Waals surface area contributed by atoms with Gasteiger partial charge in [-0.15, -0.1) is 0 Å². The quantitative estimate of drug-likeness (QED) is 0.590. The van der Waals surface area contributed by atoms with E-state index in [1.807, 2.05) is 30.3 Å². The van der Waals surface area contributed by atoms with Gasteiger partial charge in [-0.25, -0.2) is 0 Å². The lowest BCUT2D eigenvalue weighted by Gasteiger charge is -2.35. The predicted molar refractivity (Wildman–Crippen MR) is 96.2 cm³/mol. The fourth-order valence-electron chi connectivity index (χ4n) is 3.55. The van der Waals surface area contributed by atoms with Gasteiger partial charge in [0.1, 0.15) is 0 Å². The summed E-state index contributed by atoms with van der Waals surface area (Å²) in [6.45, 7) is 2.24. The second kappa shape index (κ2) is 8.36. The minimum Gasteiger partial charge on any atom is -0.369 e. The van der Waals surface area contributed by atoms with E-state index < -0.39 is 29.6 Å². The van der Waals surface area contributed by atoms with Crippen LogP contribution in [0, 0.1) is 0 Å². The van der Waals surface area contributed by atoms with Crippen molar-refractivity contribution in [1.29, 1.82) is 0 Å². The third-order valence-electron chi connectivity index (χ3n) is 5.02. The largest absolute Gasteiger partial charge is 0.416 e. The van der Waals surface area contributed by atoms with Crippen LogP contribution in [-0.4, -0.2) is 12.6 Å². The van der Waals surface area contributed by atoms with Crippen LogP contribution < -0.4 is 5.32 Å². The highest BCUT2D eigenvalue weighted by Gasteiger charge is 2.38. The predicted octanol–water partition coefficient (Wildman–Crippen LogP) is 6.30. The maximum absolute atomic E-state index is 13.1. The Labute approximate surface area is 164 Å². The number of benzene rings is 2. The van der Waals surface area contributed by atoms with Crippen LogP contribution in [0.15, 0.2) is 48.5 Å². The van der Waals surface area contributed by atoms with E-state index in [4.69, 9.17) is 4.74 Å². The van der Waals surface area contributed by atoms with Crippen molar-refractivity contribution in [3.8, 4) is 0 Å².